The number of ether oxygens (including phenoxy) is 1. The van der Waals surface area contributed by atoms with Crippen LogP contribution in [0.5, 0.6) is 0 Å². The lowest BCUT2D eigenvalue weighted by molar-refractivity contribution is 0.0946. The van der Waals surface area contributed by atoms with E-state index in [4.69, 9.17) is 4.74 Å². The van der Waals surface area contributed by atoms with Gasteiger partial charge in [0, 0.05) is 17.1 Å². The first-order chi connectivity index (χ1) is 8.13. The first-order valence-electron chi connectivity index (χ1n) is 6.12. The average Bonchev–Trinajstić information content (AvgIpc) is 2.30. The van der Waals surface area contributed by atoms with Crippen molar-refractivity contribution >= 4 is 15.9 Å². The van der Waals surface area contributed by atoms with Crippen LogP contribution in [0, 0.1) is 0 Å². The minimum atomic E-state index is 0.116. The van der Waals surface area contributed by atoms with Crippen LogP contribution in [0.1, 0.15) is 31.2 Å². The normalized spacial score (nSPS) is 29.2. The Labute approximate surface area is 112 Å². The van der Waals surface area contributed by atoms with Crippen molar-refractivity contribution in [2.24, 2.45) is 0 Å². The number of rotatable bonds is 3. The zero-order chi connectivity index (χ0) is 12.3. The lowest BCUT2D eigenvalue weighted by Gasteiger charge is -2.39. The van der Waals surface area contributed by atoms with E-state index in [9.17, 15) is 0 Å². The smallest absolute Gasteiger partial charge is 0.0641 e. The highest BCUT2D eigenvalue weighted by Gasteiger charge is 2.32. The monoisotopic (exact) mass is 297 g/mol. The van der Waals surface area contributed by atoms with Crippen LogP contribution in [-0.4, -0.2) is 25.8 Å². The van der Waals surface area contributed by atoms with Crippen LogP contribution in [0.2, 0.25) is 0 Å². The number of halogens is 1. The fourth-order valence-corrected chi connectivity index (χ4v) is 2.98. The molecule has 0 amide bonds. The van der Waals surface area contributed by atoms with Crippen LogP contribution in [0.15, 0.2) is 28.7 Å². The fourth-order valence-electron chi connectivity index (χ4n) is 2.71. The Kier molecular flexibility index (Phi) is 4.23. The number of piperidine rings is 1. The molecule has 2 atom stereocenters. The van der Waals surface area contributed by atoms with Gasteiger partial charge in [0.1, 0.15) is 0 Å². The van der Waals surface area contributed by atoms with Gasteiger partial charge in [0.2, 0.25) is 0 Å². The Morgan fingerprint density at radius 1 is 1.41 bits per heavy atom. The molecule has 0 aliphatic carbocycles. The zero-order valence-electron chi connectivity index (χ0n) is 10.5. The van der Waals surface area contributed by atoms with Gasteiger partial charge in [-0.05, 0) is 49.9 Å². The molecular formula is C14H20BrNO. The zero-order valence-corrected chi connectivity index (χ0v) is 12.1. The van der Waals surface area contributed by atoms with Gasteiger partial charge >= 0.3 is 0 Å². The second-order valence-electron chi connectivity index (χ2n) is 5.16. The lowest BCUT2D eigenvalue weighted by atomic mass is 9.80. The van der Waals surface area contributed by atoms with E-state index in [1.807, 2.05) is 0 Å². The largest absolute Gasteiger partial charge is 0.383 e. The summed E-state index contributed by atoms with van der Waals surface area (Å²) in [7, 11) is 1.77. The molecule has 1 saturated heterocycles. The quantitative estimate of drug-likeness (QED) is 0.924. The Morgan fingerprint density at radius 3 is 2.76 bits per heavy atom. The van der Waals surface area contributed by atoms with Crippen molar-refractivity contribution in [1.82, 2.24) is 5.32 Å². The molecule has 0 bridgehead atoms. The van der Waals surface area contributed by atoms with E-state index in [1.165, 1.54) is 12.0 Å². The molecule has 0 saturated carbocycles. The van der Waals surface area contributed by atoms with Gasteiger partial charge in [0.25, 0.3) is 0 Å². The Morgan fingerprint density at radius 2 is 2.12 bits per heavy atom. The van der Waals surface area contributed by atoms with Crippen LogP contribution in [-0.2, 0) is 4.74 Å². The minimum Gasteiger partial charge on any atom is -0.383 e. The predicted octanol–water partition coefficient (Wildman–Crippen LogP) is 3.32. The first kappa shape index (κ1) is 13.1. The summed E-state index contributed by atoms with van der Waals surface area (Å²) in [6.45, 7) is 4.10. The third kappa shape index (κ3) is 3.30. The van der Waals surface area contributed by atoms with E-state index in [1.54, 1.807) is 7.11 Å². The molecule has 1 aliphatic heterocycles. The van der Waals surface area contributed by atoms with Gasteiger partial charge in [-0.1, -0.05) is 28.1 Å². The van der Waals surface area contributed by atoms with Gasteiger partial charge in [0.15, 0.2) is 0 Å². The van der Waals surface area contributed by atoms with Crippen molar-refractivity contribution in [1.29, 1.82) is 0 Å². The number of nitrogens with one attached hydrogen (secondary N) is 1. The molecule has 0 aromatic heterocycles. The van der Waals surface area contributed by atoms with E-state index in [0.29, 0.717) is 5.92 Å². The van der Waals surface area contributed by atoms with Crippen LogP contribution >= 0.6 is 15.9 Å². The summed E-state index contributed by atoms with van der Waals surface area (Å²) in [5.41, 5.74) is 1.56. The van der Waals surface area contributed by atoms with Crippen LogP contribution in [0.4, 0.5) is 0 Å². The Bertz CT molecular complexity index is 361. The van der Waals surface area contributed by atoms with E-state index in [-0.39, 0.29) is 5.54 Å². The van der Waals surface area contributed by atoms with Crippen molar-refractivity contribution in [3.63, 3.8) is 0 Å². The molecule has 3 heteroatoms. The maximum Gasteiger partial charge on any atom is 0.0641 e. The van der Waals surface area contributed by atoms with Crippen molar-refractivity contribution in [3.8, 4) is 0 Å². The summed E-state index contributed by atoms with van der Waals surface area (Å²) in [5, 5.41) is 3.57. The molecule has 17 heavy (non-hydrogen) atoms. The summed E-state index contributed by atoms with van der Waals surface area (Å²) >= 11 is 3.48. The second kappa shape index (κ2) is 5.51. The van der Waals surface area contributed by atoms with Crippen LogP contribution in [0.3, 0.4) is 0 Å². The summed E-state index contributed by atoms with van der Waals surface area (Å²) in [5.74, 6) is 0.643. The topological polar surface area (TPSA) is 21.3 Å². The molecule has 94 valence electrons. The van der Waals surface area contributed by atoms with Crippen molar-refractivity contribution in [2.75, 3.05) is 20.3 Å². The molecule has 0 spiro atoms. The highest BCUT2D eigenvalue weighted by molar-refractivity contribution is 9.10. The van der Waals surface area contributed by atoms with Crippen molar-refractivity contribution in [3.05, 3.63) is 34.3 Å². The summed E-state index contributed by atoms with van der Waals surface area (Å²) in [4.78, 5) is 0. The Hall–Kier alpha value is -0.380. The fraction of sp³-hybridized carbons (Fsp3) is 0.571. The van der Waals surface area contributed by atoms with Crippen LogP contribution < -0.4 is 5.32 Å². The SMILES string of the molecule is COCC1(C)CC(c2ccc(Br)cc2)CCN1. The Balaban J connectivity index is 2.09. The maximum absolute atomic E-state index is 5.32. The first-order valence-corrected chi connectivity index (χ1v) is 6.92. The van der Waals surface area contributed by atoms with Crippen molar-refractivity contribution < 1.29 is 4.74 Å². The molecule has 2 nitrogen and oxygen atoms in total. The molecule has 2 rings (SSSR count). The summed E-state index contributed by atoms with van der Waals surface area (Å²) in [6, 6.07) is 8.72. The molecule has 1 fully saturated rings. The maximum atomic E-state index is 5.32. The molecule has 0 radical (unpaired) electrons. The molecule has 1 aromatic carbocycles. The third-order valence-electron chi connectivity index (χ3n) is 3.55. The summed E-state index contributed by atoms with van der Waals surface area (Å²) < 4.78 is 6.47. The van der Waals surface area contributed by atoms with E-state index >= 15 is 0 Å². The van der Waals surface area contributed by atoms with Gasteiger partial charge in [-0.2, -0.15) is 0 Å². The lowest BCUT2D eigenvalue weighted by Crippen LogP contribution is -2.51. The average molecular weight is 298 g/mol. The minimum absolute atomic E-state index is 0.116. The van der Waals surface area contributed by atoms with Gasteiger partial charge in [-0.15, -0.1) is 0 Å². The molecule has 1 aromatic rings. The highest BCUT2D eigenvalue weighted by atomic mass is 79.9. The summed E-state index contributed by atoms with van der Waals surface area (Å²) in [6.07, 6.45) is 2.35. The standard InChI is InChI=1S/C14H20BrNO/c1-14(10-17-2)9-12(7-8-16-14)11-3-5-13(15)6-4-11/h3-6,12,16H,7-10H2,1-2H3. The highest BCUT2D eigenvalue weighted by Crippen LogP contribution is 2.33. The van der Waals surface area contributed by atoms with E-state index in [2.05, 4.69) is 52.4 Å². The third-order valence-corrected chi connectivity index (χ3v) is 4.07. The number of methoxy groups -OCH3 is 1. The molecule has 1 heterocycles. The second-order valence-corrected chi connectivity index (χ2v) is 6.08. The van der Waals surface area contributed by atoms with E-state index < -0.39 is 0 Å². The number of hydrogen-bond acceptors (Lipinski definition) is 2. The molecule has 2 unspecified atom stereocenters. The number of benzene rings is 1. The molecule has 1 aliphatic rings. The van der Waals surface area contributed by atoms with Crippen LogP contribution in [0.25, 0.3) is 0 Å². The predicted molar refractivity (Wildman–Crippen MR) is 74.4 cm³/mol. The number of hydrogen-bond donors (Lipinski definition) is 1. The van der Waals surface area contributed by atoms with Gasteiger partial charge in [0.05, 0.1) is 6.61 Å². The van der Waals surface area contributed by atoms with Gasteiger partial charge < -0.3 is 10.1 Å². The molecular weight excluding hydrogens is 278 g/mol. The molecule has 1 N–H and O–H groups in total. The van der Waals surface area contributed by atoms with Crippen molar-refractivity contribution in [2.45, 2.75) is 31.2 Å². The van der Waals surface area contributed by atoms with Gasteiger partial charge in [-0.25, -0.2) is 0 Å². The van der Waals surface area contributed by atoms with Gasteiger partial charge in [-0.3, -0.25) is 0 Å². The van der Waals surface area contributed by atoms with E-state index in [0.717, 1.165) is 24.0 Å².